The summed E-state index contributed by atoms with van der Waals surface area (Å²) in [6.07, 6.45) is -1.32. The van der Waals surface area contributed by atoms with Crippen LogP contribution in [-0.4, -0.2) is 63.8 Å². The number of benzene rings is 1. The zero-order valence-electron chi connectivity index (χ0n) is 16.4. The molecule has 1 aromatic carbocycles. The average molecular weight is 514 g/mol. The zero-order valence-corrected chi connectivity index (χ0v) is 18.7. The molecule has 1 aliphatic rings. The van der Waals surface area contributed by atoms with Crippen LogP contribution in [-0.2, 0) is 17.3 Å². The normalized spacial score (nSPS) is 18.0. The van der Waals surface area contributed by atoms with Crippen LogP contribution in [0.4, 0.5) is 13.2 Å². The van der Waals surface area contributed by atoms with E-state index in [-0.39, 0.29) is 24.0 Å². The predicted molar refractivity (Wildman–Crippen MR) is 116 cm³/mol. The molecule has 1 heterocycles. The summed E-state index contributed by atoms with van der Waals surface area (Å²) in [7, 11) is 3.43. The smallest absolute Gasteiger partial charge is 0.383 e. The fourth-order valence-corrected chi connectivity index (χ4v) is 3.25. The van der Waals surface area contributed by atoms with Crippen molar-refractivity contribution in [2.45, 2.75) is 31.5 Å². The van der Waals surface area contributed by atoms with Crippen molar-refractivity contribution in [3.63, 3.8) is 0 Å². The Hall–Kier alpha value is -1.07. The molecular formula is C19H30F3IN4O. The first-order valence-corrected chi connectivity index (χ1v) is 9.27. The van der Waals surface area contributed by atoms with Crippen LogP contribution in [0, 0.1) is 0 Å². The molecule has 5 nitrogen and oxygen atoms in total. The van der Waals surface area contributed by atoms with Gasteiger partial charge >= 0.3 is 6.18 Å². The lowest BCUT2D eigenvalue weighted by Gasteiger charge is -2.25. The molecule has 1 fully saturated rings. The second-order valence-electron chi connectivity index (χ2n) is 6.65. The average Bonchev–Trinajstić information content (AvgIpc) is 3.09. The molecule has 0 bridgehead atoms. The number of hydrogen-bond acceptors (Lipinski definition) is 3. The Morgan fingerprint density at radius 1 is 1.25 bits per heavy atom. The van der Waals surface area contributed by atoms with Gasteiger partial charge in [0.2, 0.25) is 0 Å². The van der Waals surface area contributed by atoms with E-state index in [4.69, 9.17) is 4.74 Å². The van der Waals surface area contributed by atoms with Gasteiger partial charge in [-0.1, -0.05) is 12.1 Å². The quantitative estimate of drug-likeness (QED) is 0.318. The van der Waals surface area contributed by atoms with Gasteiger partial charge in [-0.2, -0.15) is 13.2 Å². The number of alkyl halides is 3. The Bertz CT molecular complexity index is 596. The van der Waals surface area contributed by atoms with Gasteiger partial charge in [0.25, 0.3) is 0 Å². The van der Waals surface area contributed by atoms with Crippen molar-refractivity contribution in [1.29, 1.82) is 0 Å². The maximum Gasteiger partial charge on any atom is 0.416 e. The van der Waals surface area contributed by atoms with Crippen molar-refractivity contribution in [3.8, 4) is 0 Å². The van der Waals surface area contributed by atoms with E-state index in [0.717, 1.165) is 50.4 Å². The second-order valence-corrected chi connectivity index (χ2v) is 6.65. The first-order valence-electron chi connectivity index (χ1n) is 9.27. The molecular weight excluding hydrogens is 484 g/mol. The minimum absolute atomic E-state index is 0. The van der Waals surface area contributed by atoms with Crippen LogP contribution < -0.4 is 10.6 Å². The van der Waals surface area contributed by atoms with Crippen molar-refractivity contribution < 1.29 is 17.9 Å². The monoisotopic (exact) mass is 514 g/mol. The third kappa shape index (κ3) is 8.12. The number of nitrogens with zero attached hydrogens (tertiary/aromatic N) is 2. The maximum absolute atomic E-state index is 12.6. The molecule has 2 N–H and O–H groups in total. The summed E-state index contributed by atoms with van der Waals surface area (Å²) in [6, 6.07) is 5.75. The lowest BCUT2D eigenvalue weighted by molar-refractivity contribution is -0.137. The highest BCUT2D eigenvalue weighted by Gasteiger charge is 2.29. The van der Waals surface area contributed by atoms with Gasteiger partial charge in [-0.15, -0.1) is 24.0 Å². The first kappa shape index (κ1) is 25.0. The Kier molecular flexibility index (Phi) is 11.1. The first-order chi connectivity index (χ1) is 12.9. The van der Waals surface area contributed by atoms with Crippen molar-refractivity contribution in [2.24, 2.45) is 4.99 Å². The maximum atomic E-state index is 12.6. The Morgan fingerprint density at radius 2 is 1.96 bits per heavy atom. The van der Waals surface area contributed by atoms with Crippen LogP contribution in [0.5, 0.6) is 0 Å². The van der Waals surface area contributed by atoms with Gasteiger partial charge in [-0.25, -0.2) is 0 Å². The molecule has 2 rings (SSSR count). The molecule has 1 atom stereocenters. The van der Waals surface area contributed by atoms with Crippen LogP contribution in [0.1, 0.15) is 24.0 Å². The summed E-state index contributed by atoms with van der Waals surface area (Å²) >= 11 is 0. The fourth-order valence-electron chi connectivity index (χ4n) is 3.25. The molecule has 0 amide bonds. The molecule has 0 aromatic heterocycles. The lowest BCUT2D eigenvalue weighted by atomic mass is 10.1. The summed E-state index contributed by atoms with van der Waals surface area (Å²) in [4.78, 5) is 6.64. The Labute approximate surface area is 182 Å². The SMILES string of the molecule is CN=C(NCCc1ccc(C(F)(F)F)cc1)NCC1CCCN1CCOC.I. The van der Waals surface area contributed by atoms with E-state index < -0.39 is 11.7 Å². The highest BCUT2D eigenvalue weighted by atomic mass is 127. The van der Waals surface area contributed by atoms with Crippen LogP contribution >= 0.6 is 24.0 Å². The molecule has 28 heavy (non-hydrogen) atoms. The van der Waals surface area contributed by atoms with Crippen molar-refractivity contribution >= 4 is 29.9 Å². The minimum atomic E-state index is -4.29. The van der Waals surface area contributed by atoms with Crippen molar-refractivity contribution in [2.75, 3.05) is 46.9 Å². The predicted octanol–water partition coefficient (Wildman–Crippen LogP) is 3.14. The van der Waals surface area contributed by atoms with Gasteiger partial charge in [-0.3, -0.25) is 9.89 Å². The number of methoxy groups -OCH3 is 1. The van der Waals surface area contributed by atoms with E-state index in [1.165, 1.54) is 18.6 Å². The van der Waals surface area contributed by atoms with E-state index in [2.05, 4.69) is 20.5 Å². The van der Waals surface area contributed by atoms with Crippen LogP contribution in [0.3, 0.4) is 0 Å². The third-order valence-corrected chi connectivity index (χ3v) is 4.80. The fraction of sp³-hybridized carbons (Fsp3) is 0.632. The van der Waals surface area contributed by atoms with E-state index >= 15 is 0 Å². The number of nitrogens with one attached hydrogen (secondary N) is 2. The zero-order chi connectivity index (χ0) is 19.7. The van der Waals surface area contributed by atoms with Crippen LogP contribution in [0.2, 0.25) is 0 Å². The molecule has 0 aliphatic carbocycles. The number of likely N-dealkylation sites (tertiary alicyclic amines) is 1. The number of guanidine groups is 1. The molecule has 9 heteroatoms. The van der Waals surface area contributed by atoms with Gasteiger partial charge in [0.15, 0.2) is 5.96 Å². The molecule has 160 valence electrons. The molecule has 0 spiro atoms. The van der Waals surface area contributed by atoms with Gasteiger partial charge in [0.1, 0.15) is 0 Å². The summed E-state index contributed by atoms with van der Waals surface area (Å²) in [5, 5.41) is 6.56. The molecule has 0 radical (unpaired) electrons. The van der Waals surface area contributed by atoms with E-state index in [0.29, 0.717) is 25.0 Å². The van der Waals surface area contributed by atoms with Crippen molar-refractivity contribution in [3.05, 3.63) is 35.4 Å². The highest BCUT2D eigenvalue weighted by Crippen LogP contribution is 2.29. The van der Waals surface area contributed by atoms with E-state index in [1.807, 2.05) is 0 Å². The largest absolute Gasteiger partial charge is 0.416 e. The number of aliphatic imine (C=N–C) groups is 1. The van der Waals surface area contributed by atoms with Crippen LogP contribution in [0.15, 0.2) is 29.3 Å². The van der Waals surface area contributed by atoms with Crippen molar-refractivity contribution in [1.82, 2.24) is 15.5 Å². The Morgan fingerprint density at radius 3 is 2.57 bits per heavy atom. The number of rotatable bonds is 8. The number of hydrogen-bond donors (Lipinski definition) is 2. The minimum Gasteiger partial charge on any atom is -0.383 e. The summed E-state index contributed by atoms with van der Waals surface area (Å²) in [6.45, 7) is 4.17. The summed E-state index contributed by atoms with van der Waals surface area (Å²) in [5.74, 6) is 0.709. The molecule has 0 saturated carbocycles. The van der Waals surface area contributed by atoms with Gasteiger partial charge in [0, 0.05) is 39.8 Å². The number of halogens is 4. The van der Waals surface area contributed by atoms with Crippen LogP contribution in [0.25, 0.3) is 0 Å². The second kappa shape index (κ2) is 12.5. The van der Waals surface area contributed by atoms with E-state index in [1.54, 1.807) is 14.2 Å². The summed E-state index contributed by atoms with van der Waals surface area (Å²) < 4.78 is 42.9. The van der Waals surface area contributed by atoms with E-state index in [9.17, 15) is 13.2 Å². The molecule has 1 aliphatic heterocycles. The summed E-state index contributed by atoms with van der Waals surface area (Å²) in [5.41, 5.74) is 0.235. The topological polar surface area (TPSA) is 48.9 Å². The lowest BCUT2D eigenvalue weighted by Crippen LogP contribution is -2.45. The molecule has 1 unspecified atom stereocenters. The van der Waals surface area contributed by atoms with Gasteiger partial charge in [-0.05, 0) is 43.5 Å². The number of ether oxygens (including phenoxy) is 1. The van der Waals surface area contributed by atoms with Gasteiger partial charge in [0.05, 0.1) is 12.2 Å². The third-order valence-electron chi connectivity index (χ3n) is 4.80. The Balaban J connectivity index is 0.00000392. The standard InChI is InChI=1S/C19H29F3N4O.HI/c1-23-18(25-14-17-4-3-11-26(17)12-13-27-2)24-10-9-15-5-7-16(8-6-15)19(20,21)22;/h5-8,17H,3-4,9-14H2,1-2H3,(H2,23,24,25);1H. The molecule has 1 aromatic rings. The van der Waals surface area contributed by atoms with Gasteiger partial charge < -0.3 is 15.4 Å². The highest BCUT2D eigenvalue weighted by molar-refractivity contribution is 14.0. The molecule has 1 saturated heterocycles.